The molecule has 0 aliphatic carbocycles. The molecule has 4 nitrogen and oxygen atoms in total. The largest absolute Gasteiger partial charge is 0.462 e. The zero-order chi connectivity index (χ0) is 9.84. The lowest BCUT2D eigenvalue weighted by molar-refractivity contribution is -0.164. The van der Waals surface area contributed by atoms with Crippen molar-refractivity contribution in [2.75, 3.05) is 6.61 Å². The maximum atomic E-state index is 11.0. The van der Waals surface area contributed by atoms with Crippen molar-refractivity contribution in [2.24, 2.45) is 5.92 Å². The predicted molar refractivity (Wildman–Crippen MR) is 44.9 cm³/mol. The fraction of sp³-hybridized carbons (Fsp3) is 0.778. The molecule has 1 aliphatic rings. The van der Waals surface area contributed by atoms with E-state index in [-0.39, 0.29) is 24.6 Å². The molecule has 0 aromatic carbocycles. The highest BCUT2D eigenvalue weighted by atomic mass is 16.6. The molecule has 0 N–H and O–H groups in total. The fourth-order valence-electron chi connectivity index (χ4n) is 1.41. The van der Waals surface area contributed by atoms with Gasteiger partial charge in [0.15, 0.2) is 0 Å². The second-order valence-electron chi connectivity index (χ2n) is 3.46. The van der Waals surface area contributed by atoms with E-state index in [9.17, 15) is 9.59 Å². The van der Waals surface area contributed by atoms with E-state index < -0.39 is 0 Å². The molecule has 0 bridgehead atoms. The van der Waals surface area contributed by atoms with E-state index in [0.717, 1.165) is 6.42 Å². The Bertz CT molecular complexity index is 212. The van der Waals surface area contributed by atoms with Gasteiger partial charge in [-0.2, -0.15) is 0 Å². The first-order chi connectivity index (χ1) is 6.08. The van der Waals surface area contributed by atoms with Crippen molar-refractivity contribution >= 4 is 11.9 Å². The first-order valence-electron chi connectivity index (χ1n) is 4.40. The summed E-state index contributed by atoms with van der Waals surface area (Å²) in [5.74, 6) is -0.216. The van der Waals surface area contributed by atoms with Crippen LogP contribution in [0.4, 0.5) is 0 Å². The van der Waals surface area contributed by atoms with Gasteiger partial charge in [-0.05, 0) is 12.3 Å². The Balaban J connectivity index is 2.33. The van der Waals surface area contributed by atoms with Gasteiger partial charge in [0, 0.05) is 13.3 Å². The lowest BCUT2D eigenvalue weighted by Gasteiger charge is -2.25. The van der Waals surface area contributed by atoms with Crippen molar-refractivity contribution in [1.29, 1.82) is 0 Å². The maximum absolute atomic E-state index is 11.0. The zero-order valence-electron chi connectivity index (χ0n) is 7.91. The van der Waals surface area contributed by atoms with E-state index in [1.54, 1.807) is 0 Å². The van der Waals surface area contributed by atoms with Crippen LogP contribution in [0.3, 0.4) is 0 Å². The summed E-state index contributed by atoms with van der Waals surface area (Å²) in [5, 5.41) is 0. The highest BCUT2D eigenvalue weighted by Gasteiger charge is 2.26. The highest BCUT2D eigenvalue weighted by molar-refractivity contribution is 5.70. The molecule has 1 fully saturated rings. The second-order valence-corrected chi connectivity index (χ2v) is 3.46. The Hall–Kier alpha value is -1.06. The molecule has 13 heavy (non-hydrogen) atoms. The molecule has 0 unspecified atom stereocenters. The summed E-state index contributed by atoms with van der Waals surface area (Å²) in [6.07, 6.45) is 0.996. The van der Waals surface area contributed by atoms with Crippen molar-refractivity contribution in [1.82, 2.24) is 0 Å². The minimum atomic E-state index is -0.339. The highest BCUT2D eigenvalue weighted by Crippen LogP contribution is 2.20. The van der Waals surface area contributed by atoms with Crippen molar-refractivity contribution < 1.29 is 19.1 Å². The van der Waals surface area contributed by atoms with Gasteiger partial charge in [0.2, 0.25) is 0 Å². The maximum Gasteiger partial charge on any atom is 0.306 e. The zero-order valence-corrected chi connectivity index (χ0v) is 7.91. The van der Waals surface area contributed by atoms with Crippen LogP contribution in [0.15, 0.2) is 0 Å². The average molecular weight is 186 g/mol. The van der Waals surface area contributed by atoms with E-state index >= 15 is 0 Å². The third kappa shape index (κ3) is 3.44. The monoisotopic (exact) mass is 186 g/mol. The van der Waals surface area contributed by atoms with Gasteiger partial charge in [-0.25, -0.2) is 0 Å². The van der Waals surface area contributed by atoms with Crippen LogP contribution in [0, 0.1) is 5.92 Å². The summed E-state index contributed by atoms with van der Waals surface area (Å²) in [6.45, 7) is 3.51. The summed E-state index contributed by atoms with van der Waals surface area (Å²) in [6, 6.07) is 0. The van der Waals surface area contributed by atoms with Crippen LogP contribution >= 0.6 is 0 Å². The molecule has 1 aliphatic heterocycles. The molecule has 1 rings (SSSR count). The minimum Gasteiger partial charge on any atom is -0.462 e. The average Bonchev–Trinajstić information content (AvgIpc) is 1.99. The predicted octanol–water partition coefficient (Wildman–Crippen LogP) is 0.891. The summed E-state index contributed by atoms with van der Waals surface area (Å²) in [7, 11) is 0. The summed E-state index contributed by atoms with van der Waals surface area (Å²) in [4.78, 5) is 21.5. The van der Waals surface area contributed by atoms with Crippen LogP contribution in [-0.2, 0) is 19.1 Å². The molecule has 0 amide bonds. The molecule has 1 heterocycles. The van der Waals surface area contributed by atoms with Crippen molar-refractivity contribution in [3.8, 4) is 0 Å². The number of hydrogen-bond acceptors (Lipinski definition) is 4. The third-order valence-electron chi connectivity index (χ3n) is 1.95. The number of ether oxygens (including phenoxy) is 2. The lowest BCUT2D eigenvalue weighted by Crippen LogP contribution is -2.32. The van der Waals surface area contributed by atoms with Gasteiger partial charge in [-0.15, -0.1) is 0 Å². The van der Waals surface area contributed by atoms with E-state index in [1.807, 2.05) is 6.92 Å². The molecule has 0 saturated carbocycles. The van der Waals surface area contributed by atoms with Crippen LogP contribution in [-0.4, -0.2) is 24.6 Å². The van der Waals surface area contributed by atoms with Crippen molar-refractivity contribution in [2.45, 2.75) is 32.8 Å². The molecular weight excluding hydrogens is 172 g/mol. The Morgan fingerprint density at radius 3 is 2.92 bits per heavy atom. The van der Waals surface area contributed by atoms with E-state index in [1.165, 1.54) is 6.92 Å². The van der Waals surface area contributed by atoms with Gasteiger partial charge in [-0.1, -0.05) is 6.92 Å². The number of hydrogen-bond donors (Lipinski definition) is 0. The summed E-state index contributed by atoms with van der Waals surface area (Å²) >= 11 is 0. The van der Waals surface area contributed by atoms with Gasteiger partial charge in [0.05, 0.1) is 0 Å². The molecule has 4 heteroatoms. The quantitative estimate of drug-likeness (QED) is 0.601. The molecule has 0 aromatic heterocycles. The Morgan fingerprint density at radius 2 is 2.38 bits per heavy atom. The smallest absolute Gasteiger partial charge is 0.306 e. The third-order valence-corrected chi connectivity index (χ3v) is 1.95. The normalized spacial score (nSPS) is 28.0. The van der Waals surface area contributed by atoms with Gasteiger partial charge >= 0.3 is 11.9 Å². The van der Waals surface area contributed by atoms with E-state index in [0.29, 0.717) is 12.3 Å². The number of esters is 2. The number of rotatable bonds is 2. The van der Waals surface area contributed by atoms with Crippen molar-refractivity contribution in [3.05, 3.63) is 0 Å². The molecule has 0 spiro atoms. The van der Waals surface area contributed by atoms with Crippen LogP contribution in [0.25, 0.3) is 0 Å². The van der Waals surface area contributed by atoms with Gasteiger partial charge in [-0.3, -0.25) is 9.59 Å². The second kappa shape index (κ2) is 4.25. The van der Waals surface area contributed by atoms with Crippen LogP contribution in [0.5, 0.6) is 0 Å². The molecule has 0 radical (unpaired) electrons. The Kier molecular flexibility index (Phi) is 3.28. The molecular formula is C9H14O4. The molecule has 1 saturated heterocycles. The number of carbonyl (C=O) groups excluding carboxylic acids is 2. The molecule has 74 valence electrons. The number of cyclic esters (lactones) is 1. The molecule has 0 aromatic rings. The number of carbonyl (C=O) groups is 2. The topological polar surface area (TPSA) is 52.6 Å². The summed E-state index contributed by atoms with van der Waals surface area (Å²) in [5.41, 5.74) is 0. The van der Waals surface area contributed by atoms with Gasteiger partial charge in [0.1, 0.15) is 12.7 Å². The fourth-order valence-corrected chi connectivity index (χ4v) is 1.41. The van der Waals surface area contributed by atoms with Crippen molar-refractivity contribution in [3.63, 3.8) is 0 Å². The van der Waals surface area contributed by atoms with Gasteiger partial charge in [0.25, 0.3) is 0 Å². The standard InChI is InChI=1S/C9H14O4/c1-6-3-8(5-12-7(2)10)13-9(11)4-6/h6,8H,3-5H2,1-2H3/t6-,8-/m1/s1. The molecule has 2 atom stereocenters. The van der Waals surface area contributed by atoms with E-state index in [4.69, 9.17) is 9.47 Å². The van der Waals surface area contributed by atoms with Crippen LogP contribution in [0.2, 0.25) is 0 Å². The SMILES string of the molecule is CC(=O)OC[C@H]1C[C@@H](C)CC(=O)O1. The lowest BCUT2D eigenvalue weighted by atomic mass is 9.98. The Morgan fingerprint density at radius 1 is 1.69 bits per heavy atom. The van der Waals surface area contributed by atoms with Gasteiger partial charge < -0.3 is 9.47 Å². The first kappa shape index (κ1) is 10.0. The Labute approximate surface area is 77.2 Å². The first-order valence-corrected chi connectivity index (χ1v) is 4.40. The van der Waals surface area contributed by atoms with E-state index in [2.05, 4.69) is 0 Å². The van der Waals surface area contributed by atoms with Crippen LogP contribution in [0.1, 0.15) is 26.7 Å². The summed E-state index contributed by atoms with van der Waals surface area (Å²) < 4.78 is 9.75. The van der Waals surface area contributed by atoms with Crippen LogP contribution < -0.4 is 0 Å². The minimum absolute atomic E-state index is 0.186.